The van der Waals surface area contributed by atoms with Crippen LogP contribution in [0, 0.1) is 18.8 Å². The molecule has 1 aliphatic carbocycles. The Morgan fingerprint density at radius 3 is 2.24 bits per heavy atom. The highest BCUT2D eigenvalue weighted by Crippen LogP contribution is 2.32. The molecule has 11 nitrogen and oxygen atoms in total. The van der Waals surface area contributed by atoms with Crippen molar-refractivity contribution in [3.63, 3.8) is 0 Å². The number of aryl methyl sites for hydroxylation is 1. The summed E-state index contributed by atoms with van der Waals surface area (Å²) < 4.78 is 0. The van der Waals surface area contributed by atoms with E-state index < -0.39 is 11.9 Å². The lowest BCUT2D eigenvalue weighted by molar-refractivity contribution is -0.130. The number of rotatable bonds is 8. The van der Waals surface area contributed by atoms with E-state index in [2.05, 4.69) is 25.6 Å². The standard InChI is InChI=1S/C30H35N9O2.ClH/c1-18-25(14-15-27(33)34-18)21-6-2-19(3-7-21)16-26(32)30(41)39(29(40)23-8-4-20(17-31)5-9-23)24-12-10-22(11-13-24)28-35-37-38-36-28;/h2-3,6-7,10-15,20,23,26H,4-5,8-9,16-17,31-32H2,1H3,(H2,33,34)(H,35,36,37,38);1H/t20-,23-,26-;/m0./s1. The fraction of sp³-hybridized carbons (Fsp3) is 0.333. The van der Waals surface area contributed by atoms with Crippen LogP contribution in [0.2, 0.25) is 0 Å². The summed E-state index contributed by atoms with van der Waals surface area (Å²) >= 11 is 0. The summed E-state index contributed by atoms with van der Waals surface area (Å²) in [6, 6.07) is 17.6. The first kappa shape index (κ1) is 30.8. The van der Waals surface area contributed by atoms with E-state index in [9.17, 15) is 9.59 Å². The number of nitrogens with zero attached hydrogens (tertiary/aromatic N) is 5. The molecule has 0 bridgehead atoms. The summed E-state index contributed by atoms with van der Waals surface area (Å²) in [5, 5.41) is 13.9. The SMILES string of the molecule is Cc1nc(N)ccc1-c1ccc(C[C@H](N)C(=O)N(c2ccc(-c3nnn[nH]3)cc2)C(=O)[C@H]2CC[C@H](CN)CC2)cc1.Cl. The summed E-state index contributed by atoms with van der Waals surface area (Å²) in [7, 11) is 0. The Morgan fingerprint density at radius 1 is 0.976 bits per heavy atom. The minimum atomic E-state index is -0.914. The van der Waals surface area contributed by atoms with Crippen LogP contribution in [0.1, 0.15) is 36.9 Å². The molecule has 2 amide bonds. The average molecular weight is 590 g/mol. The van der Waals surface area contributed by atoms with Crippen molar-refractivity contribution in [1.29, 1.82) is 0 Å². The quantitative estimate of drug-likeness (QED) is 0.239. The fourth-order valence-electron chi connectivity index (χ4n) is 5.45. The third kappa shape index (κ3) is 6.81. The number of nitrogens with two attached hydrogens (primary N) is 3. The molecule has 2 aromatic heterocycles. The molecule has 0 spiro atoms. The zero-order valence-electron chi connectivity index (χ0n) is 23.4. The van der Waals surface area contributed by atoms with E-state index in [1.807, 2.05) is 37.3 Å². The van der Waals surface area contributed by atoms with E-state index in [1.165, 1.54) is 4.90 Å². The number of amides is 2. The number of aromatic amines is 1. The number of benzene rings is 2. The summed E-state index contributed by atoms with van der Waals surface area (Å²) in [4.78, 5) is 33.3. The number of hydrogen-bond acceptors (Lipinski definition) is 9. The fourth-order valence-corrected chi connectivity index (χ4v) is 5.45. The van der Waals surface area contributed by atoms with E-state index in [0.717, 1.165) is 40.8 Å². The molecule has 7 N–H and O–H groups in total. The third-order valence-electron chi connectivity index (χ3n) is 7.86. The van der Waals surface area contributed by atoms with Gasteiger partial charge in [-0.05, 0) is 109 Å². The summed E-state index contributed by atoms with van der Waals surface area (Å²) in [5.74, 6) is 0.456. The number of aromatic nitrogens is 5. The summed E-state index contributed by atoms with van der Waals surface area (Å²) in [6.07, 6.45) is 3.41. The van der Waals surface area contributed by atoms with Gasteiger partial charge in [0.1, 0.15) is 5.82 Å². The zero-order chi connectivity index (χ0) is 28.9. The van der Waals surface area contributed by atoms with Gasteiger partial charge in [-0.2, -0.15) is 0 Å². The normalized spacial score (nSPS) is 17.2. The smallest absolute Gasteiger partial charge is 0.251 e. The maximum atomic E-state index is 13.8. The predicted molar refractivity (Wildman–Crippen MR) is 164 cm³/mol. The van der Waals surface area contributed by atoms with Gasteiger partial charge in [-0.1, -0.05) is 24.3 Å². The molecule has 1 atom stereocenters. The number of hydrogen-bond donors (Lipinski definition) is 4. The number of tetrazole rings is 1. The van der Waals surface area contributed by atoms with Crippen molar-refractivity contribution in [3.05, 3.63) is 71.9 Å². The molecular formula is C30H36ClN9O2. The van der Waals surface area contributed by atoms with Crippen LogP contribution >= 0.6 is 12.4 Å². The highest BCUT2D eigenvalue weighted by Gasteiger charge is 2.35. The van der Waals surface area contributed by atoms with Gasteiger partial charge in [0.15, 0.2) is 5.82 Å². The number of nitrogen functional groups attached to an aromatic ring is 1. The van der Waals surface area contributed by atoms with Crippen LogP contribution in [0.25, 0.3) is 22.5 Å². The van der Waals surface area contributed by atoms with Crippen LogP contribution in [0.4, 0.5) is 11.5 Å². The molecule has 12 heteroatoms. The Labute approximate surface area is 250 Å². The Balaban J connectivity index is 0.00000405. The number of nitrogens with one attached hydrogen (secondary N) is 1. The van der Waals surface area contributed by atoms with Gasteiger partial charge in [0.25, 0.3) is 5.91 Å². The Morgan fingerprint density at radius 2 is 1.64 bits per heavy atom. The van der Waals surface area contributed by atoms with E-state index in [4.69, 9.17) is 17.2 Å². The molecule has 2 heterocycles. The van der Waals surface area contributed by atoms with Gasteiger partial charge in [0, 0.05) is 22.7 Å². The molecule has 42 heavy (non-hydrogen) atoms. The monoisotopic (exact) mass is 589 g/mol. The molecule has 5 rings (SSSR count). The van der Waals surface area contributed by atoms with Crippen LogP contribution < -0.4 is 22.1 Å². The Bertz CT molecular complexity index is 1490. The molecule has 0 saturated heterocycles. The molecule has 0 unspecified atom stereocenters. The van der Waals surface area contributed by atoms with Crippen molar-refractivity contribution < 1.29 is 9.59 Å². The van der Waals surface area contributed by atoms with E-state index in [1.54, 1.807) is 30.3 Å². The van der Waals surface area contributed by atoms with Crippen molar-refractivity contribution in [2.45, 2.75) is 45.1 Å². The first-order chi connectivity index (χ1) is 19.8. The summed E-state index contributed by atoms with van der Waals surface area (Å²) in [5.41, 5.74) is 23.0. The van der Waals surface area contributed by atoms with Crippen LogP contribution in [0.3, 0.4) is 0 Å². The highest BCUT2D eigenvalue weighted by atomic mass is 35.5. The lowest BCUT2D eigenvalue weighted by atomic mass is 9.81. The number of carbonyl (C=O) groups excluding carboxylic acids is 2. The molecule has 1 fully saturated rings. The molecule has 0 radical (unpaired) electrons. The van der Waals surface area contributed by atoms with Crippen molar-refractivity contribution in [2.24, 2.45) is 23.3 Å². The number of H-pyrrole nitrogens is 1. The molecule has 220 valence electrons. The second-order valence-electron chi connectivity index (χ2n) is 10.6. The van der Waals surface area contributed by atoms with Crippen LogP contribution in [0.5, 0.6) is 0 Å². The maximum absolute atomic E-state index is 13.8. The van der Waals surface area contributed by atoms with Gasteiger partial charge in [-0.15, -0.1) is 17.5 Å². The average Bonchev–Trinajstić information content (AvgIpc) is 3.53. The van der Waals surface area contributed by atoms with Crippen LogP contribution in [-0.2, 0) is 16.0 Å². The van der Waals surface area contributed by atoms with Gasteiger partial charge < -0.3 is 17.2 Å². The van der Waals surface area contributed by atoms with Crippen molar-refractivity contribution in [1.82, 2.24) is 25.6 Å². The third-order valence-corrected chi connectivity index (χ3v) is 7.86. The van der Waals surface area contributed by atoms with Crippen molar-refractivity contribution in [3.8, 4) is 22.5 Å². The lowest BCUT2D eigenvalue weighted by Gasteiger charge is -2.32. The van der Waals surface area contributed by atoms with Crippen molar-refractivity contribution >= 4 is 35.7 Å². The first-order valence-electron chi connectivity index (χ1n) is 13.8. The van der Waals surface area contributed by atoms with E-state index >= 15 is 0 Å². The van der Waals surface area contributed by atoms with Gasteiger partial charge in [0.2, 0.25) is 5.91 Å². The van der Waals surface area contributed by atoms with Crippen LogP contribution in [-0.4, -0.2) is 50.0 Å². The minimum Gasteiger partial charge on any atom is -0.384 e. The predicted octanol–water partition coefficient (Wildman–Crippen LogP) is 3.44. The maximum Gasteiger partial charge on any atom is 0.251 e. The highest BCUT2D eigenvalue weighted by molar-refractivity contribution is 6.17. The molecule has 2 aromatic carbocycles. The van der Waals surface area contributed by atoms with Gasteiger partial charge in [-0.25, -0.2) is 15.0 Å². The zero-order valence-corrected chi connectivity index (χ0v) is 24.3. The first-order valence-corrected chi connectivity index (χ1v) is 13.8. The van der Waals surface area contributed by atoms with Gasteiger partial charge in [-0.3, -0.25) is 9.59 Å². The molecule has 4 aromatic rings. The largest absolute Gasteiger partial charge is 0.384 e. The van der Waals surface area contributed by atoms with E-state index in [-0.39, 0.29) is 30.7 Å². The Kier molecular flexibility index (Phi) is 10.00. The topological polar surface area (TPSA) is 183 Å². The van der Waals surface area contributed by atoms with Crippen LogP contribution in [0.15, 0.2) is 60.7 Å². The number of pyridine rings is 1. The number of halogens is 1. The number of anilines is 2. The molecule has 0 aliphatic heterocycles. The molecule has 1 saturated carbocycles. The Hall–Kier alpha value is -4.19. The van der Waals surface area contributed by atoms with Gasteiger partial charge >= 0.3 is 0 Å². The van der Waals surface area contributed by atoms with Gasteiger partial charge in [0.05, 0.1) is 11.7 Å². The lowest BCUT2D eigenvalue weighted by Crippen LogP contribution is -2.50. The summed E-state index contributed by atoms with van der Waals surface area (Å²) in [6.45, 7) is 2.52. The second-order valence-corrected chi connectivity index (χ2v) is 10.6. The van der Waals surface area contributed by atoms with E-state index in [0.29, 0.717) is 42.6 Å². The molecule has 1 aliphatic rings. The minimum absolute atomic E-state index is 0. The molecular weight excluding hydrogens is 554 g/mol. The second kappa shape index (κ2) is 13.6. The van der Waals surface area contributed by atoms with Crippen molar-refractivity contribution in [2.75, 3.05) is 17.2 Å². The number of carbonyl (C=O) groups is 2. The number of imide groups is 1.